The number of allylic oxidation sites excluding steroid dienone is 1. The number of nitrogens with zero attached hydrogens (tertiary/aromatic N) is 1. The molecule has 0 spiro atoms. The predicted octanol–water partition coefficient (Wildman–Crippen LogP) is 3.37. The van der Waals surface area contributed by atoms with Crippen LogP contribution in [0.2, 0.25) is 0 Å². The maximum Gasteiger partial charge on any atom is 0.245 e. The third-order valence-electron chi connectivity index (χ3n) is 5.24. The Morgan fingerprint density at radius 3 is 2.41 bits per heavy atom. The van der Waals surface area contributed by atoms with E-state index in [4.69, 9.17) is 4.74 Å². The van der Waals surface area contributed by atoms with Crippen LogP contribution in [0.15, 0.2) is 71.6 Å². The van der Waals surface area contributed by atoms with Crippen molar-refractivity contribution < 1.29 is 17.9 Å². The zero-order valence-electron chi connectivity index (χ0n) is 15.2. The van der Waals surface area contributed by atoms with Gasteiger partial charge in [0, 0.05) is 6.42 Å². The number of ether oxygens (including phenoxy) is 1. The zero-order chi connectivity index (χ0) is 19.2. The number of aryl methyl sites for hydroxylation is 1. The number of hydrogen-bond donors (Lipinski definition) is 0. The average molecular weight is 383 g/mol. The van der Waals surface area contributed by atoms with E-state index < -0.39 is 27.9 Å². The SMILES string of the molecule is Cc1ccc(S(=O)(=O)N2[C@@H](c3ccccc3)O[C@@]3(C)C=CC(=O)C[C@@H]23)cc1. The number of rotatable bonds is 3. The number of hydrogen-bond acceptors (Lipinski definition) is 4. The fourth-order valence-electron chi connectivity index (χ4n) is 3.71. The van der Waals surface area contributed by atoms with Crippen molar-refractivity contribution >= 4 is 15.8 Å². The van der Waals surface area contributed by atoms with Gasteiger partial charge in [0.05, 0.1) is 10.9 Å². The topological polar surface area (TPSA) is 63.7 Å². The van der Waals surface area contributed by atoms with Crippen LogP contribution in [0.3, 0.4) is 0 Å². The number of ketones is 1. The van der Waals surface area contributed by atoms with E-state index in [0.29, 0.717) is 0 Å². The molecule has 0 aromatic heterocycles. The highest BCUT2D eigenvalue weighted by atomic mass is 32.2. The summed E-state index contributed by atoms with van der Waals surface area (Å²) < 4.78 is 34.7. The Hall–Kier alpha value is -2.28. The minimum absolute atomic E-state index is 0.0982. The number of carbonyl (C=O) groups is 1. The van der Waals surface area contributed by atoms with Gasteiger partial charge in [-0.3, -0.25) is 4.79 Å². The van der Waals surface area contributed by atoms with Crippen LogP contribution in [0.1, 0.15) is 30.7 Å². The third kappa shape index (κ3) is 3.04. The van der Waals surface area contributed by atoms with Gasteiger partial charge >= 0.3 is 0 Å². The second-order valence-corrected chi connectivity index (χ2v) is 9.08. The second kappa shape index (κ2) is 6.41. The summed E-state index contributed by atoms with van der Waals surface area (Å²) in [5, 5.41) is 0. The van der Waals surface area contributed by atoms with E-state index in [2.05, 4.69) is 0 Å². The van der Waals surface area contributed by atoms with Crippen LogP contribution in [0, 0.1) is 6.92 Å². The van der Waals surface area contributed by atoms with E-state index in [0.717, 1.165) is 11.1 Å². The molecular formula is C21H21NO4S. The molecule has 1 saturated heterocycles. The lowest BCUT2D eigenvalue weighted by Crippen LogP contribution is -2.47. The molecule has 140 valence electrons. The molecule has 0 N–H and O–H groups in total. The number of sulfonamides is 1. The van der Waals surface area contributed by atoms with Gasteiger partial charge in [0.25, 0.3) is 0 Å². The molecule has 2 aliphatic rings. The Kier molecular flexibility index (Phi) is 4.29. The Morgan fingerprint density at radius 2 is 1.74 bits per heavy atom. The molecule has 1 aliphatic heterocycles. The fraction of sp³-hybridized carbons (Fsp3) is 0.286. The van der Waals surface area contributed by atoms with Crippen LogP contribution in [0.25, 0.3) is 0 Å². The molecule has 4 rings (SSSR count). The maximum atomic E-state index is 13.5. The molecule has 2 aromatic carbocycles. The van der Waals surface area contributed by atoms with Crippen LogP contribution < -0.4 is 0 Å². The molecule has 6 heteroatoms. The summed E-state index contributed by atoms with van der Waals surface area (Å²) in [4.78, 5) is 12.3. The first-order valence-electron chi connectivity index (χ1n) is 8.86. The highest BCUT2D eigenvalue weighted by Gasteiger charge is 2.56. The van der Waals surface area contributed by atoms with Crippen molar-refractivity contribution in [3.05, 3.63) is 77.9 Å². The highest BCUT2D eigenvalue weighted by Crippen LogP contribution is 2.47. The first-order valence-corrected chi connectivity index (χ1v) is 10.3. The zero-order valence-corrected chi connectivity index (χ0v) is 16.0. The smallest absolute Gasteiger partial charge is 0.245 e. The molecule has 0 radical (unpaired) electrons. The van der Waals surface area contributed by atoms with Crippen molar-refractivity contribution in [3.63, 3.8) is 0 Å². The Balaban J connectivity index is 1.86. The van der Waals surface area contributed by atoms with Gasteiger partial charge in [-0.15, -0.1) is 0 Å². The summed E-state index contributed by atoms with van der Waals surface area (Å²) >= 11 is 0. The molecule has 1 heterocycles. The number of carbonyl (C=O) groups excluding carboxylic acids is 1. The molecule has 0 saturated carbocycles. The molecule has 2 aromatic rings. The Morgan fingerprint density at radius 1 is 1.07 bits per heavy atom. The molecule has 5 nitrogen and oxygen atoms in total. The lowest BCUT2D eigenvalue weighted by Gasteiger charge is -2.32. The van der Waals surface area contributed by atoms with Crippen LogP contribution >= 0.6 is 0 Å². The van der Waals surface area contributed by atoms with E-state index in [-0.39, 0.29) is 17.1 Å². The van der Waals surface area contributed by atoms with Crippen molar-refractivity contribution in [1.82, 2.24) is 4.31 Å². The fourth-order valence-corrected chi connectivity index (χ4v) is 5.46. The van der Waals surface area contributed by atoms with Gasteiger partial charge in [0.2, 0.25) is 10.0 Å². The normalized spacial score (nSPS) is 28.3. The quantitative estimate of drug-likeness (QED) is 0.815. The van der Waals surface area contributed by atoms with E-state index in [1.54, 1.807) is 30.3 Å². The van der Waals surface area contributed by atoms with Gasteiger partial charge in [-0.2, -0.15) is 4.31 Å². The summed E-state index contributed by atoms with van der Waals surface area (Å²) in [6.07, 6.45) is 2.48. The monoisotopic (exact) mass is 383 g/mol. The van der Waals surface area contributed by atoms with Crippen molar-refractivity contribution in [1.29, 1.82) is 0 Å². The van der Waals surface area contributed by atoms with E-state index in [9.17, 15) is 13.2 Å². The van der Waals surface area contributed by atoms with Crippen LogP contribution in [-0.4, -0.2) is 30.1 Å². The van der Waals surface area contributed by atoms with Crippen LogP contribution in [-0.2, 0) is 19.6 Å². The van der Waals surface area contributed by atoms with Crippen molar-refractivity contribution in [3.8, 4) is 0 Å². The van der Waals surface area contributed by atoms with Gasteiger partial charge in [0.15, 0.2) is 12.0 Å². The summed E-state index contributed by atoms with van der Waals surface area (Å²) in [6.45, 7) is 3.74. The minimum Gasteiger partial charge on any atom is -0.346 e. The first kappa shape index (κ1) is 18.1. The lowest BCUT2D eigenvalue weighted by molar-refractivity contribution is -0.116. The number of fused-ring (bicyclic) bond motifs is 1. The summed E-state index contributed by atoms with van der Waals surface area (Å²) in [5.74, 6) is -0.0982. The summed E-state index contributed by atoms with van der Waals surface area (Å²) in [6, 6.07) is 15.4. The molecule has 0 bridgehead atoms. The van der Waals surface area contributed by atoms with Gasteiger partial charge in [0.1, 0.15) is 5.60 Å². The third-order valence-corrected chi connectivity index (χ3v) is 7.11. The van der Waals surface area contributed by atoms with E-state index in [1.165, 1.54) is 10.4 Å². The van der Waals surface area contributed by atoms with Crippen LogP contribution in [0.4, 0.5) is 0 Å². The van der Waals surface area contributed by atoms with E-state index >= 15 is 0 Å². The lowest BCUT2D eigenvalue weighted by atomic mass is 9.87. The van der Waals surface area contributed by atoms with E-state index in [1.807, 2.05) is 44.2 Å². The average Bonchev–Trinajstić information content (AvgIpc) is 2.96. The van der Waals surface area contributed by atoms with Crippen molar-refractivity contribution in [2.45, 2.75) is 43.0 Å². The summed E-state index contributed by atoms with van der Waals surface area (Å²) in [7, 11) is -3.86. The summed E-state index contributed by atoms with van der Waals surface area (Å²) in [5.41, 5.74) is 0.864. The van der Waals surface area contributed by atoms with Gasteiger partial charge < -0.3 is 4.74 Å². The first-order chi connectivity index (χ1) is 12.8. The Labute approximate surface area is 159 Å². The molecule has 1 fully saturated rings. The standard InChI is InChI=1S/C21H21NO4S/c1-15-8-10-18(11-9-15)27(24,25)22-19-14-17(23)12-13-21(19,2)26-20(22)16-6-4-3-5-7-16/h3-13,19-20H,14H2,1-2H3/t19-,20-,21+/m1/s1. The molecule has 27 heavy (non-hydrogen) atoms. The largest absolute Gasteiger partial charge is 0.346 e. The molecule has 1 aliphatic carbocycles. The molecule has 3 atom stereocenters. The molecule has 0 amide bonds. The second-order valence-electron chi connectivity index (χ2n) is 7.23. The minimum atomic E-state index is -3.86. The molecular weight excluding hydrogens is 362 g/mol. The van der Waals surface area contributed by atoms with Crippen LogP contribution in [0.5, 0.6) is 0 Å². The van der Waals surface area contributed by atoms with Gasteiger partial charge in [-0.25, -0.2) is 8.42 Å². The van der Waals surface area contributed by atoms with Crippen molar-refractivity contribution in [2.24, 2.45) is 0 Å². The van der Waals surface area contributed by atoms with Gasteiger partial charge in [-0.1, -0.05) is 48.0 Å². The number of benzene rings is 2. The molecule has 0 unspecified atom stereocenters. The Bertz CT molecular complexity index is 998. The highest BCUT2D eigenvalue weighted by molar-refractivity contribution is 7.89. The predicted molar refractivity (Wildman–Crippen MR) is 101 cm³/mol. The maximum absolute atomic E-state index is 13.5. The van der Waals surface area contributed by atoms with Gasteiger partial charge in [-0.05, 0) is 43.7 Å². The van der Waals surface area contributed by atoms with Crippen molar-refractivity contribution in [2.75, 3.05) is 0 Å².